The minimum Gasteiger partial charge on any atom is -0.352 e. The fourth-order valence-electron chi connectivity index (χ4n) is 2.61. The summed E-state index contributed by atoms with van der Waals surface area (Å²) in [5.74, 6) is 1.45. The van der Waals surface area contributed by atoms with E-state index in [-0.39, 0.29) is 5.56 Å². The minimum absolute atomic E-state index is 0.178. The number of hydrogen-bond acceptors (Lipinski definition) is 6. The van der Waals surface area contributed by atoms with Crippen molar-refractivity contribution in [3.05, 3.63) is 40.9 Å². The lowest BCUT2D eigenvalue weighted by Crippen LogP contribution is -2.44. The zero-order valence-electron chi connectivity index (χ0n) is 11.7. The van der Waals surface area contributed by atoms with Gasteiger partial charge in [0.05, 0.1) is 0 Å². The second kappa shape index (κ2) is 6.34. The first-order valence-corrected chi connectivity index (χ1v) is 7.16. The van der Waals surface area contributed by atoms with Gasteiger partial charge in [-0.15, -0.1) is 0 Å². The number of hydrogen-bond donors (Lipinski definition) is 2. The normalized spacial score (nSPS) is 18.5. The Labute approximate surface area is 122 Å². The first kappa shape index (κ1) is 13.5. The van der Waals surface area contributed by atoms with Crippen molar-refractivity contribution in [2.75, 3.05) is 23.3 Å². The second-order valence-corrected chi connectivity index (χ2v) is 5.08. The molecule has 0 saturated carbocycles. The van der Waals surface area contributed by atoms with Gasteiger partial charge < -0.3 is 10.2 Å². The van der Waals surface area contributed by atoms with Crippen LogP contribution >= 0.6 is 0 Å². The number of aromatic nitrogens is 4. The summed E-state index contributed by atoms with van der Waals surface area (Å²) in [7, 11) is 0. The molecule has 2 aromatic heterocycles. The van der Waals surface area contributed by atoms with Crippen molar-refractivity contribution >= 4 is 11.8 Å². The highest BCUT2D eigenvalue weighted by molar-refractivity contribution is 5.39. The quantitative estimate of drug-likeness (QED) is 0.873. The molecule has 0 aliphatic carbocycles. The molecule has 3 heterocycles. The third-order valence-corrected chi connectivity index (χ3v) is 3.65. The number of anilines is 2. The number of nitrogens with zero attached hydrogens (tertiary/aromatic N) is 4. The molecular weight excluding hydrogens is 268 g/mol. The van der Waals surface area contributed by atoms with Crippen LogP contribution in [0.15, 0.2) is 35.4 Å². The molecule has 3 rings (SSSR count). The van der Waals surface area contributed by atoms with Crippen LogP contribution in [0.3, 0.4) is 0 Å². The van der Waals surface area contributed by atoms with E-state index in [4.69, 9.17) is 0 Å². The Hall–Kier alpha value is -2.44. The molecule has 2 aromatic rings. The molecule has 0 radical (unpaired) electrons. The van der Waals surface area contributed by atoms with Crippen LogP contribution in [-0.4, -0.2) is 39.3 Å². The maximum absolute atomic E-state index is 11.1. The van der Waals surface area contributed by atoms with Gasteiger partial charge in [-0.25, -0.2) is 15.1 Å². The molecule has 1 unspecified atom stereocenters. The summed E-state index contributed by atoms with van der Waals surface area (Å²) in [6, 6.07) is 5.40. The molecule has 110 valence electrons. The standard InChI is InChI=1S/C14H18N6O/c21-13-6-5-12(18-19-13)20-9-2-1-4-11(20)10-17-14-15-7-3-8-16-14/h3,5-8,11H,1-2,4,9-10H2,(H,19,21)(H,15,16,17). The van der Waals surface area contributed by atoms with E-state index in [1.165, 1.54) is 12.5 Å². The Morgan fingerprint density at radius 2 is 2.14 bits per heavy atom. The molecule has 2 N–H and O–H groups in total. The summed E-state index contributed by atoms with van der Waals surface area (Å²) < 4.78 is 0. The number of H-pyrrole nitrogens is 1. The average molecular weight is 286 g/mol. The number of piperidine rings is 1. The highest BCUT2D eigenvalue weighted by atomic mass is 16.1. The Morgan fingerprint density at radius 3 is 2.90 bits per heavy atom. The SMILES string of the molecule is O=c1ccc(N2CCCCC2CNc2ncccn2)n[nH]1. The van der Waals surface area contributed by atoms with Crippen molar-refractivity contribution in [1.82, 2.24) is 20.2 Å². The van der Waals surface area contributed by atoms with Gasteiger partial charge in [-0.05, 0) is 31.4 Å². The molecule has 7 heteroatoms. The van der Waals surface area contributed by atoms with Gasteiger partial charge in [0.1, 0.15) is 5.82 Å². The first-order valence-electron chi connectivity index (χ1n) is 7.16. The zero-order chi connectivity index (χ0) is 14.5. The summed E-state index contributed by atoms with van der Waals surface area (Å²) >= 11 is 0. The van der Waals surface area contributed by atoms with Gasteiger partial charge >= 0.3 is 0 Å². The van der Waals surface area contributed by atoms with Crippen molar-refractivity contribution in [2.45, 2.75) is 25.3 Å². The molecule has 1 saturated heterocycles. The Morgan fingerprint density at radius 1 is 1.29 bits per heavy atom. The van der Waals surface area contributed by atoms with Gasteiger partial charge in [0.25, 0.3) is 5.56 Å². The van der Waals surface area contributed by atoms with Crippen LogP contribution in [-0.2, 0) is 0 Å². The summed E-state index contributed by atoms with van der Waals surface area (Å²) in [4.78, 5) is 21.7. The molecule has 7 nitrogen and oxygen atoms in total. The minimum atomic E-state index is -0.178. The Balaban J connectivity index is 1.69. The van der Waals surface area contributed by atoms with Crippen molar-refractivity contribution in [2.24, 2.45) is 0 Å². The lowest BCUT2D eigenvalue weighted by Gasteiger charge is -2.36. The summed E-state index contributed by atoms with van der Waals surface area (Å²) in [6.07, 6.45) is 6.86. The van der Waals surface area contributed by atoms with Crippen LogP contribution in [0, 0.1) is 0 Å². The van der Waals surface area contributed by atoms with Crippen molar-refractivity contribution in [1.29, 1.82) is 0 Å². The van der Waals surface area contributed by atoms with E-state index in [9.17, 15) is 4.79 Å². The zero-order valence-corrected chi connectivity index (χ0v) is 11.7. The summed E-state index contributed by atoms with van der Waals surface area (Å²) in [5.41, 5.74) is -0.178. The van der Waals surface area contributed by atoms with Gasteiger partial charge in [-0.3, -0.25) is 4.79 Å². The lowest BCUT2D eigenvalue weighted by molar-refractivity contribution is 0.467. The van der Waals surface area contributed by atoms with Crippen molar-refractivity contribution in [3.8, 4) is 0 Å². The molecule has 1 aliphatic heterocycles. The largest absolute Gasteiger partial charge is 0.352 e. The fourth-order valence-corrected chi connectivity index (χ4v) is 2.61. The molecular formula is C14H18N6O. The maximum Gasteiger partial charge on any atom is 0.264 e. The Kier molecular flexibility index (Phi) is 4.09. The molecule has 0 aromatic carbocycles. The predicted molar refractivity (Wildman–Crippen MR) is 80.4 cm³/mol. The average Bonchev–Trinajstić information content (AvgIpc) is 2.55. The van der Waals surface area contributed by atoms with Gasteiger partial charge in [0, 0.05) is 37.6 Å². The van der Waals surface area contributed by atoms with E-state index in [1.54, 1.807) is 24.5 Å². The monoisotopic (exact) mass is 286 g/mol. The third kappa shape index (κ3) is 3.36. The van der Waals surface area contributed by atoms with Gasteiger partial charge in [0.15, 0.2) is 0 Å². The van der Waals surface area contributed by atoms with Crippen LogP contribution in [0.25, 0.3) is 0 Å². The number of nitrogens with one attached hydrogen (secondary N) is 2. The van der Waals surface area contributed by atoms with Gasteiger partial charge in [-0.1, -0.05) is 0 Å². The van der Waals surface area contributed by atoms with Crippen molar-refractivity contribution < 1.29 is 0 Å². The van der Waals surface area contributed by atoms with E-state index in [0.29, 0.717) is 12.0 Å². The van der Waals surface area contributed by atoms with E-state index in [0.717, 1.165) is 31.7 Å². The topological polar surface area (TPSA) is 86.8 Å². The van der Waals surface area contributed by atoms with Crippen LogP contribution in [0.2, 0.25) is 0 Å². The molecule has 0 bridgehead atoms. The van der Waals surface area contributed by atoms with E-state index in [2.05, 4.69) is 30.4 Å². The first-order chi connectivity index (χ1) is 10.3. The molecule has 1 aliphatic rings. The van der Waals surface area contributed by atoms with Crippen LogP contribution in [0.1, 0.15) is 19.3 Å². The van der Waals surface area contributed by atoms with Gasteiger partial charge in [0.2, 0.25) is 5.95 Å². The number of rotatable bonds is 4. The van der Waals surface area contributed by atoms with Crippen LogP contribution < -0.4 is 15.8 Å². The molecule has 1 atom stereocenters. The second-order valence-electron chi connectivity index (χ2n) is 5.08. The lowest BCUT2D eigenvalue weighted by atomic mass is 10.0. The van der Waals surface area contributed by atoms with E-state index >= 15 is 0 Å². The highest BCUT2D eigenvalue weighted by Gasteiger charge is 2.23. The Bertz CT molecular complexity index is 608. The van der Waals surface area contributed by atoms with Crippen LogP contribution in [0.5, 0.6) is 0 Å². The molecule has 21 heavy (non-hydrogen) atoms. The van der Waals surface area contributed by atoms with E-state index in [1.807, 2.05) is 0 Å². The number of aromatic amines is 1. The molecule has 0 spiro atoms. The third-order valence-electron chi connectivity index (χ3n) is 3.65. The summed E-state index contributed by atoms with van der Waals surface area (Å²) in [6.45, 7) is 1.70. The molecule has 1 fully saturated rings. The fraction of sp³-hybridized carbons (Fsp3) is 0.429. The summed E-state index contributed by atoms with van der Waals surface area (Å²) in [5, 5.41) is 9.90. The smallest absolute Gasteiger partial charge is 0.264 e. The van der Waals surface area contributed by atoms with Gasteiger partial charge in [-0.2, -0.15) is 5.10 Å². The van der Waals surface area contributed by atoms with Crippen molar-refractivity contribution in [3.63, 3.8) is 0 Å². The van der Waals surface area contributed by atoms with Crippen LogP contribution in [0.4, 0.5) is 11.8 Å². The highest BCUT2D eigenvalue weighted by Crippen LogP contribution is 2.22. The van der Waals surface area contributed by atoms with E-state index < -0.39 is 0 Å². The molecule has 0 amide bonds. The predicted octanol–water partition coefficient (Wildman–Crippen LogP) is 1.03. The maximum atomic E-state index is 11.1.